The van der Waals surface area contributed by atoms with Crippen LogP contribution in [0.3, 0.4) is 0 Å². The van der Waals surface area contributed by atoms with Crippen molar-refractivity contribution in [2.75, 3.05) is 30.0 Å². The monoisotopic (exact) mass is 294 g/mol. The predicted octanol–water partition coefficient (Wildman–Crippen LogP) is 1.35. The average Bonchev–Trinajstić information content (AvgIpc) is 2.88. The number of fused-ring (bicyclic) bond motifs is 1. The smallest absolute Gasteiger partial charge is 0.152 e. The van der Waals surface area contributed by atoms with Gasteiger partial charge in [-0.1, -0.05) is 12.1 Å². The zero-order chi connectivity index (χ0) is 14.4. The zero-order valence-corrected chi connectivity index (χ0v) is 13.0. The molecule has 1 aromatic carbocycles. The van der Waals surface area contributed by atoms with Gasteiger partial charge < -0.3 is 10.2 Å². The van der Waals surface area contributed by atoms with E-state index >= 15 is 0 Å². The van der Waals surface area contributed by atoms with Crippen LogP contribution in [0.4, 0.5) is 5.69 Å². The molecule has 0 saturated carbocycles. The van der Waals surface area contributed by atoms with Gasteiger partial charge in [-0.25, -0.2) is 8.42 Å². The normalized spacial score (nSPS) is 27.8. The summed E-state index contributed by atoms with van der Waals surface area (Å²) in [5.41, 5.74) is 3.69. The molecule has 0 aromatic heterocycles. The second kappa shape index (κ2) is 4.74. The van der Waals surface area contributed by atoms with Crippen LogP contribution in [0.2, 0.25) is 0 Å². The number of rotatable bonds is 3. The van der Waals surface area contributed by atoms with Gasteiger partial charge in [0.2, 0.25) is 0 Å². The number of nitrogens with zero attached hydrogens (tertiary/aromatic N) is 1. The van der Waals surface area contributed by atoms with E-state index in [0.29, 0.717) is 12.2 Å². The van der Waals surface area contributed by atoms with Gasteiger partial charge in [0.05, 0.1) is 11.5 Å². The molecule has 1 saturated heterocycles. The molecule has 1 atom stereocenters. The number of sulfone groups is 1. The molecule has 1 N–H and O–H groups in total. The summed E-state index contributed by atoms with van der Waals surface area (Å²) in [4.78, 5) is 2.28. The lowest BCUT2D eigenvalue weighted by Crippen LogP contribution is -2.42. The van der Waals surface area contributed by atoms with Gasteiger partial charge in [-0.15, -0.1) is 0 Å². The minimum atomic E-state index is -2.84. The topological polar surface area (TPSA) is 49.4 Å². The van der Waals surface area contributed by atoms with Gasteiger partial charge in [0, 0.05) is 31.4 Å². The van der Waals surface area contributed by atoms with Crippen molar-refractivity contribution < 1.29 is 8.42 Å². The lowest BCUT2D eigenvalue weighted by molar-refractivity contribution is 0.395. The molecule has 3 rings (SSSR count). The highest BCUT2D eigenvalue weighted by Crippen LogP contribution is 2.28. The second-order valence-corrected chi connectivity index (χ2v) is 8.57. The molecule has 2 aliphatic rings. The van der Waals surface area contributed by atoms with Gasteiger partial charge in [0.25, 0.3) is 0 Å². The molecular formula is C15H22N2O2S. The quantitative estimate of drug-likeness (QED) is 0.914. The second-order valence-electron chi connectivity index (χ2n) is 6.39. The molecular weight excluding hydrogens is 272 g/mol. The zero-order valence-electron chi connectivity index (χ0n) is 12.1. The fourth-order valence-electron chi connectivity index (χ4n) is 3.20. The van der Waals surface area contributed by atoms with E-state index in [1.54, 1.807) is 0 Å². The standard InChI is InChI=1S/C15H22N2O2S/c1-15(6-8-20(18,19)11-15)16-10-12-3-4-14-13(9-12)5-7-17(14)2/h3-4,9,16H,5-8,10-11H2,1-2H3. The van der Waals surface area contributed by atoms with Gasteiger partial charge in [-0.05, 0) is 37.0 Å². The molecule has 2 heterocycles. The third-order valence-corrected chi connectivity index (χ3v) is 6.40. The van der Waals surface area contributed by atoms with Crippen molar-refractivity contribution >= 4 is 15.5 Å². The Labute approximate surface area is 121 Å². The minimum absolute atomic E-state index is 0.258. The molecule has 2 aliphatic heterocycles. The summed E-state index contributed by atoms with van der Waals surface area (Å²) in [6.45, 7) is 3.84. The van der Waals surface area contributed by atoms with E-state index in [-0.39, 0.29) is 11.3 Å². The molecule has 20 heavy (non-hydrogen) atoms. The molecule has 0 bridgehead atoms. The molecule has 5 heteroatoms. The summed E-state index contributed by atoms with van der Waals surface area (Å²) in [5.74, 6) is 0.569. The fraction of sp³-hybridized carbons (Fsp3) is 0.600. The number of nitrogens with one attached hydrogen (secondary N) is 1. The van der Waals surface area contributed by atoms with Crippen molar-refractivity contribution in [2.24, 2.45) is 0 Å². The highest BCUT2D eigenvalue weighted by atomic mass is 32.2. The van der Waals surface area contributed by atoms with E-state index in [9.17, 15) is 8.42 Å². The van der Waals surface area contributed by atoms with Crippen molar-refractivity contribution in [3.05, 3.63) is 29.3 Å². The largest absolute Gasteiger partial charge is 0.374 e. The number of hydrogen-bond donors (Lipinski definition) is 1. The van der Waals surface area contributed by atoms with Crippen LogP contribution in [0.1, 0.15) is 24.5 Å². The molecule has 110 valence electrons. The number of anilines is 1. The van der Waals surface area contributed by atoms with E-state index in [1.165, 1.54) is 16.8 Å². The van der Waals surface area contributed by atoms with Gasteiger partial charge in [-0.2, -0.15) is 0 Å². The fourth-order valence-corrected chi connectivity index (χ4v) is 5.32. The van der Waals surface area contributed by atoms with Crippen molar-refractivity contribution in [3.8, 4) is 0 Å². The SMILES string of the molecule is CN1CCc2cc(CNC3(C)CCS(=O)(=O)C3)ccc21. The first-order valence-electron chi connectivity index (χ1n) is 7.15. The molecule has 0 radical (unpaired) electrons. The van der Waals surface area contributed by atoms with Crippen LogP contribution < -0.4 is 10.2 Å². The Balaban J connectivity index is 1.68. The Bertz CT molecular complexity index is 627. The molecule has 0 spiro atoms. The number of hydrogen-bond acceptors (Lipinski definition) is 4. The van der Waals surface area contributed by atoms with Gasteiger partial charge >= 0.3 is 0 Å². The first kappa shape index (κ1) is 13.9. The summed E-state index contributed by atoms with van der Waals surface area (Å²) in [6, 6.07) is 6.56. The molecule has 0 aliphatic carbocycles. The van der Waals surface area contributed by atoms with Crippen LogP contribution in [-0.4, -0.2) is 39.1 Å². The van der Waals surface area contributed by atoms with Crippen LogP contribution in [0.15, 0.2) is 18.2 Å². The maximum absolute atomic E-state index is 11.6. The summed E-state index contributed by atoms with van der Waals surface area (Å²) in [5, 5.41) is 3.44. The van der Waals surface area contributed by atoms with E-state index < -0.39 is 9.84 Å². The molecule has 1 aromatic rings. The third kappa shape index (κ3) is 2.69. The Kier molecular flexibility index (Phi) is 3.29. The first-order valence-corrected chi connectivity index (χ1v) is 8.97. The lowest BCUT2D eigenvalue weighted by atomic mass is 10.0. The van der Waals surface area contributed by atoms with Crippen molar-refractivity contribution in [2.45, 2.75) is 31.8 Å². The van der Waals surface area contributed by atoms with Crippen LogP contribution in [0, 0.1) is 0 Å². The molecule has 4 nitrogen and oxygen atoms in total. The average molecular weight is 294 g/mol. The maximum atomic E-state index is 11.6. The molecule has 0 amide bonds. The van der Waals surface area contributed by atoms with Crippen LogP contribution >= 0.6 is 0 Å². The van der Waals surface area contributed by atoms with Crippen LogP contribution in [0.5, 0.6) is 0 Å². The van der Waals surface area contributed by atoms with Gasteiger partial charge in [0.15, 0.2) is 9.84 Å². The number of likely N-dealkylation sites (N-methyl/N-ethyl adjacent to an activating group) is 1. The van der Waals surface area contributed by atoms with Crippen LogP contribution in [0.25, 0.3) is 0 Å². The number of benzene rings is 1. The molecule has 1 fully saturated rings. The highest BCUT2D eigenvalue weighted by molar-refractivity contribution is 7.91. The summed E-state index contributed by atoms with van der Waals surface area (Å²) >= 11 is 0. The Morgan fingerprint density at radius 1 is 1.40 bits per heavy atom. The molecule has 1 unspecified atom stereocenters. The Hall–Kier alpha value is -1.07. The van der Waals surface area contributed by atoms with E-state index in [4.69, 9.17) is 0 Å². The van der Waals surface area contributed by atoms with E-state index in [1.807, 2.05) is 6.92 Å². The highest BCUT2D eigenvalue weighted by Gasteiger charge is 2.37. The van der Waals surface area contributed by atoms with Crippen molar-refractivity contribution in [1.29, 1.82) is 0 Å². The lowest BCUT2D eigenvalue weighted by Gasteiger charge is -2.24. The van der Waals surface area contributed by atoms with E-state index in [2.05, 4.69) is 35.5 Å². The van der Waals surface area contributed by atoms with E-state index in [0.717, 1.165) is 19.5 Å². The minimum Gasteiger partial charge on any atom is -0.374 e. The Morgan fingerprint density at radius 3 is 2.90 bits per heavy atom. The predicted molar refractivity (Wildman–Crippen MR) is 81.9 cm³/mol. The first-order chi connectivity index (χ1) is 9.37. The Morgan fingerprint density at radius 2 is 2.20 bits per heavy atom. The van der Waals surface area contributed by atoms with Crippen molar-refractivity contribution in [1.82, 2.24) is 5.32 Å². The van der Waals surface area contributed by atoms with Crippen molar-refractivity contribution in [3.63, 3.8) is 0 Å². The van der Waals surface area contributed by atoms with Crippen LogP contribution in [-0.2, 0) is 22.8 Å². The van der Waals surface area contributed by atoms with Gasteiger partial charge in [-0.3, -0.25) is 0 Å². The summed E-state index contributed by atoms with van der Waals surface area (Å²) < 4.78 is 23.2. The maximum Gasteiger partial charge on any atom is 0.152 e. The summed E-state index contributed by atoms with van der Waals surface area (Å²) in [7, 11) is -0.725. The van der Waals surface area contributed by atoms with Gasteiger partial charge in [0.1, 0.15) is 0 Å². The summed E-state index contributed by atoms with van der Waals surface area (Å²) in [6.07, 6.45) is 1.81. The third-order valence-electron chi connectivity index (χ3n) is 4.49.